The van der Waals surface area contributed by atoms with E-state index in [4.69, 9.17) is 4.74 Å². The summed E-state index contributed by atoms with van der Waals surface area (Å²) in [7, 11) is 0. The molecule has 0 saturated carbocycles. The fraction of sp³-hybridized carbons (Fsp3) is 0.929. The van der Waals surface area contributed by atoms with Crippen molar-refractivity contribution in [1.29, 1.82) is 0 Å². The van der Waals surface area contributed by atoms with Crippen LogP contribution in [0.15, 0.2) is 0 Å². The number of nitrogens with zero attached hydrogens (tertiary/aromatic N) is 1. The summed E-state index contributed by atoms with van der Waals surface area (Å²) in [6.07, 6.45) is 4.74. The lowest BCUT2D eigenvalue weighted by atomic mass is 9.82. The number of carbonyl (C=O) groups excluding carboxylic acids is 1. The number of carbonyl (C=O) groups is 1. The first kappa shape index (κ1) is 13.8. The highest BCUT2D eigenvalue weighted by Crippen LogP contribution is 2.27. The minimum absolute atomic E-state index is 0.125. The number of nitrogens with one attached hydrogen (secondary N) is 1. The Hall–Kier alpha value is -0.610. The smallest absolute Gasteiger partial charge is 0.248 e. The molecule has 1 atom stereocenters. The molecule has 1 unspecified atom stereocenters. The van der Waals surface area contributed by atoms with Gasteiger partial charge < -0.3 is 15.0 Å². The topological polar surface area (TPSA) is 41.6 Å². The van der Waals surface area contributed by atoms with Crippen LogP contribution in [0.1, 0.15) is 39.5 Å². The number of hydrogen-bond donors (Lipinski definition) is 1. The molecule has 1 amide bonds. The molecule has 4 heteroatoms. The maximum Gasteiger partial charge on any atom is 0.248 e. The van der Waals surface area contributed by atoms with Gasteiger partial charge in [-0.25, -0.2) is 0 Å². The second kappa shape index (κ2) is 6.02. The van der Waals surface area contributed by atoms with E-state index < -0.39 is 0 Å². The van der Waals surface area contributed by atoms with E-state index in [1.54, 1.807) is 0 Å². The van der Waals surface area contributed by atoms with Crippen molar-refractivity contribution in [2.45, 2.75) is 45.6 Å². The van der Waals surface area contributed by atoms with Crippen molar-refractivity contribution in [1.82, 2.24) is 10.2 Å². The van der Waals surface area contributed by atoms with Crippen molar-refractivity contribution in [3.05, 3.63) is 0 Å². The fourth-order valence-corrected chi connectivity index (χ4v) is 2.86. The van der Waals surface area contributed by atoms with Crippen LogP contribution in [0.2, 0.25) is 0 Å². The zero-order valence-corrected chi connectivity index (χ0v) is 11.7. The van der Waals surface area contributed by atoms with E-state index in [9.17, 15) is 4.79 Å². The SMILES string of the molecule is CC1(C)CNCCC1OCC(=O)N1CCCCC1. The monoisotopic (exact) mass is 254 g/mol. The molecular formula is C14H26N2O2. The molecule has 4 nitrogen and oxygen atoms in total. The molecule has 2 aliphatic rings. The lowest BCUT2D eigenvalue weighted by Gasteiger charge is -2.39. The van der Waals surface area contributed by atoms with Gasteiger partial charge in [0.2, 0.25) is 5.91 Å². The van der Waals surface area contributed by atoms with Crippen LogP contribution < -0.4 is 5.32 Å². The van der Waals surface area contributed by atoms with Crippen LogP contribution in [0.25, 0.3) is 0 Å². The van der Waals surface area contributed by atoms with E-state index >= 15 is 0 Å². The Kier molecular flexibility index (Phi) is 4.62. The Bertz CT molecular complexity index is 286. The molecule has 1 N–H and O–H groups in total. The third-order valence-corrected chi connectivity index (χ3v) is 4.15. The summed E-state index contributed by atoms with van der Waals surface area (Å²) in [4.78, 5) is 14.0. The number of piperidine rings is 2. The van der Waals surface area contributed by atoms with E-state index in [0.717, 1.165) is 45.4 Å². The van der Waals surface area contributed by atoms with Crippen molar-refractivity contribution in [3.63, 3.8) is 0 Å². The molecule has 2 aliphatic heterocycles. The highest BCUT2D eigenvalue weighted by molar-refractivity contribution is 5.77. The Morgan fingerprint density at radius 2 is 2.06 bits per heavy atom. The summed E-state index contributed by atoms with van der Waals surface area (Å²) in [5.41, 5.74) is 0.125. The van der Waals surface area contributed by atoms with Gasteiger partial charge in [-0.3, -0.25) is 4.79 Å². The molecule has 2 heterocycles. The first-order valence-electron chi connectivity index (χ1n) is 7.20. The number of amides is 1. The molecule has 18 heavy (non-hydrogen) atoms. The van der Waals surface area contributed by atoms with Crippen LogP contribution in [0.4, 0.5) is 0 Å². The molecule has 0 aliphatic carbocycles. The summed E-state index contributed by atoms with van der Waals surface area (Å²) in [6.45, 7) is 8.45. The van der Waals surface area contributed by atoms with Crippen molar-refractivity contribution in [3.8, 4) is 0 Å². The van der Waals surface area contributed by atoms with Crippen LogP contribution in [0, 0.1) is 5.41 Å². The second-order valence-electron chi connectivity index (χ2n) is 6.20. The molecule has 2 fully saturated rings. The molecule has 0 aromatic carbocycles. The average molecular weight is 254 g/mol. The summed E-state index contributed by atoms with van der Waals surface area (Å²) in [5, 5.41) is 3.38. The van der Waals surface area contributed by atoms with Crippen LogP contribution >= 0.6 is 0 Å². The van der Waals surface area contributed by atoms with E-state index in [0.29, 0.717) is 0 Å². The summed E-state index contributed by atoms with van der Waals surface area (Å²) >= 11 is 0. The minimum atomic E-state index is 0.125. The number of hydrogen-bond acceptors (Lipinski definition) is 3. The Morgan fingerprint density at radius 3 is 2.72 bits per heavy atom. The van der Waals surface area contributed by atoms with Gasteiger partial charge in [0.05, 0.1) is 6.10 Å². The summed E-state index contributed by atoms with van der Waals surface area (Å²) in [6, 6.07) is 0. The molecule has 0 aromatic heterocycles. The molecular weight excluding hydrogens is 228 g/mol. The number of ether oxygens (including phenoxy) is 1. The van der Waals surface area contributed by atoms with Gasteiger partial charge in [-0.05, 0) is 32.2 Å². The Labute approximate surface area is 110 Å². The van der Waals surface area contributed by atoms with Gasteiger partial charge in [-0.15, -0.1) is 0 Å². The second-order valence-corrected chi connectivity index (χ2v) is 6.20. The predicted molar refractivity (Wildman–Crippen MR) is 71.4 cm³/mol. The lowest BCUT2D eigenvalue weighted by Crippen LogP contribution is -2.48. The zero-order chi connectivity index (χ0) is 13.0. The number of rotatable bonds is 3. The van der Waals surface area contributed by atoms with Crippen molar-refractivity contribution in [2.75, 3.05) is 32.8 Å². The Morgan fingerprint density at radius 1 is 1.33 bits per heavy atom. The van der Waals surface area contributed by atoms with Gasteiger partial charge in [0, 0.05) is 25.0 Å². The quantitative estimate of drug-likeness (QED) is 0.828. The van der Waals surface area contributed by atoms with Crippen molar-refractivity contribution < 1.29 is 9.53 Å². The van der Waals surface area contributed by atoms with E-state index in [1.165, 1.54) is 6.42 Å². The normalized spacial score (nSPS) is 28.1. The minimum Gasteiger partial charge on any atom is -0.368 e. The highest BCUT2D eigenvalue weighted by Gasteiger charge is 2.33. The molecule has 2 rings (SSSR count). The van der Waals surface area contributed by atoms with E-state index in [-0.39, 0.29) is 24.0 Å². The number of likely N-dealkylation sites (tertiary alicyclic amines) is 1. The van der Waals surface area contributed by atoms with Crippen LogP contribution in [-0.4, -0.2) is 49.7 Å². The van der Waals surface area contributed by atoms with Gasteiger partial charge in [-0.1, -0.05) is 13.8 Å². The van der Waals surface area contributed by atoms with Crippen molar-refractivity contribution in [2.24, 2.45) is 5.41 Å². The van der Waals surface area contributed by atoms with Gasteiger partial charge in [0.1, 0.15) is 6.61 Å². The van der Waals surface area contributed by atoms with Crippen LogP contribution in [0.3, 0.4) is 0 Å². The summed E-state index contributed by atoms with van der Waals surface area (Å²) in [5.74, 6) is 0.170. The third-order valence-electron chi connectivity index (χ3n) is 4.15. The van der Waals surface area contributed by atoms with Crippen LogP contribution in [-0.2, 0) is 9.53 Å². The summed E-state index contributed by atoms with van der Waals surface area (Å²) < 4.78 is 5.88. The lowest BCUT2D eigenvalue weighted by molar-refractivity contribution is -0.143. The molecule has 0 aromatic rings. The fourth-order valence-electron chi connectivity index (χ4n) is 2.86. The highest BCUT2D eigenvalue weighted by atomic mass is 16.5. The Balaban J connectivity index is 1.77. The first-order chi connectivity index (χ1) is 8.59. The maximum atomic E-state index is 12.0. The van der Waals surface area contributed by atoms with E-state index in [1.807, 2.05) is 4.90 Å². The van der Waals surface area contributed by atoms with Crippen molar-refractivity contribution >= 4 is 5.91 Å². The van der Waals surface area contributed by atoms with Gasteiger partial charge >= 0.3 is 0 Å². The largest absolute Gasteiger partial charge is 0.368 e. The third kappa shape index (κ3) is 3.45. The van der Waals surface area contributed by atoms with Crippen LogP contribution in [0.5, 0.6) is 0 Å². The van der Waals surface area contributed by atoms with E-state index in [2.05, 4.69) is 19.2 Å². The van der Waals surface area contributed by atoms with Gasteiger partial charge in [0.15, 0.2) is 0 Å². The van der Waals surface area contributed by atoms with Gasteiger partial charge in [-0.2, -0.15) is 0 Å². The molecule has 0 radical (unpaired) electrons. The average Bonchev–Trinajstić information content (AvgIpc) is 2.38. The predicted octanol–water partition coefficient (Wildman–Crippen LogP) is 1.40. The zero-order valence-electron chi connectivity index (χ0n) is 11.7. The molecule has 104 valence electrons. The first-order valence-corrected chi connectivity index (χ1v) is 7.20. The molecule has 2 saturated heterocycles. The van der Waals surface area contributed by atoms with Gasteiger partial charge in [0.25, 0.3) is 0 Å². The molecule has 0 spiro atoms. The molecule has 0 bridgehead atoms. The standard InChI is InChI=1S/C14H26N2O2/c1-14(2)11-15-7-6-12(14)18-10-13(17)16-8-4-3-5-9-16/h12,15H,3-11H2,1-2H3. The maximum absolute atomic E-state index is 12.0.